The van der Waals surface area contributed by atoms with E-state index in [0.717, 1.165) is 46.9 Å². The molecule has 0 aliphatic carbocycles. The molecule has 7 heteroatoms. The molecule has 2 heterocycles. The summed E-state index contributed by atoms with van der Waals surface area (Å²) in [7, 11) is 1.37. The molecule has 1 fully saturated rings. The molecule has 0 atom stereocenters. The van der Waals surface area contributed by atoms with Crippen LogP contribution in [0, 0.1) is 0 Å². The van der Waals surface area contributed by atoms with Gasteiger partial charge in [0.2, 0.25) is 0 Å². The summed E-state index contributed by atoms with van der Waals surface area (Å²) in [5, 5.41) is 0. The molecule has 146 valence electrons. The van der Waals surface area contributed by atoms with Gasteiger partial charge in [-0.2, -0.15) is 0 Å². The van der Waals surface area contributed by atoms with Gasteiger partial charge in [-0.1, -0.05) is 0 Å². The van der Waals surface area contributed by atoms with Gasteiger partial charge >= 0.3 is 5.97 Å². The summed E-state index contributed by atoms with van der Waals surface area (Å²) < 4.78 is 16.1. The van der Waals surface area contributed by atoms with Crippen LogP contribution in [0.5, 0.6) is 5.75 Å². The van der Waals surface area contributed by atoms with E-state index in [0.29, 0.717) is 25.4 Å². The van der Waals surface area contributed by atoms with Crippen molar-refractivity contribution in [2.24, 2.45) is 0 Å². The maximum Gasteiger partial charge on any atom is 0.337 e. The standard InChI is InChI=1S/C21H23N3O4/c1-3-28-19-7-5-14(13-18(19)24-8-10-27-11-9-24)20-22-16-6-4-15(21(25)26-2)12-17(16)23-20/h4-7,12-13H,3,8-11H2,1-2H3,(H,22,23). The van der Waals surface area contributed by atoms with Crippen LogP contribution in [0.4, 0.5) is 5.69 Å². The molecular formula is C21H23N3O4. The van der Waals surface area contributed by atoms with E-state index in [4.69, 9.17) is 14.2 Å². The summed E-state index contributed by atoms with van der Waals surface area (Å²) >= 11 is 0. The van der Waals surface area contributed by atoms with Crippen LogP contribution in [0.3, 0.4) is 0 Å². The van der Waals surface area contributed by atoms with Gasteiger partial charge in [0.1, 0.15) is 11.6 Å². The Kier molecular flexibility index (Phi) is 5.16. The maximum atomic E-state index is 11.8. The Balaban J connectivity index is 1.72. The van der Waals surface area contributed by atoms with Crippen molar-refractivity contribution in [3.8, 4) is 17.1 Å². The minimum Gasteiger partial charge on any atom is -0.492 e. The maximum absolute atomic E-state index is 11.8. The molecule has 1 N–H and O–H groups in total. The third kappa shape index (κ3) is 3.53. The zero-order valence-corrected chi connectivity index (χ0v) is 16.0. The van der Waals surface area contributed by atoms with E-state index in [9.17, 15) is 4.79 Å². The zero-order valence-electron chi connectivity index (χ0n) is 16.0. The smallest absolute Gasteiger partial charge is 0.337 e. The summed E-state index contributed by atoms with van der Waals surface area (Å²) in [5.74, 6) is 1.24. The summed E-state index contributed by atoms with van der Waals surface area (Å²) in [6.07, 6.45) is 0. The first-order valence-electron chi connectivity index (χ1n) is 9.37. The first-order chi connectivity index (χ1) is 13.7. The van der Waals surface area contributed by atoms with Gasteiger partial charge in [-0.05, 0) is 43.3 Å². The van der Waals surface area contributed by atoms with E-state index in [1.165, 1.54) is 7.11 Å². The van der Waals surface area contributed by atoms with Crippen LogP contribution >= 0.6 is 0 Å². The number of benzene rings is 2. The highest BCUT2D eigenvalue weighted by Crippen LogP contribution is 2.34. The number of H-pyrrole nitrogens is 1. The third-order valence-electron chi connectivity index (χ3n) is 4.79. The number of imidazole rings is 1. The van der Waals surface area contributed by atoms with Crippen molar-refractivity contribution >= 4 is 22.7 Å². The Labute approximate surface area is 163 Å². The molecule has 0 amide bonds. The lowest BCUT2D eigenvalue weighted by atomic mass is 10.1. The van der Waals surface area contributed by atoms with Gasteiger partial charge in [-0.15, -0.1) is 0 Å². The number of aromatic amines is 1. The number of nitrogens with one attached hydrogen (secondary N) is 1. The molecule has 0 bridgehead atoms. The second kappa shape index (κ2) is 7.90. The number of hydrogen-bond acceptors (Lipinski definition) is 6. The molecule has 7 nitrogen and oxygen atoms in total. The number of morpholine rings is 1. The SMILES string of the molecule is CCOc1ccc(-c2nc3ccc(C(=O)OC)cc3[nH]2)cc1N1CCOCC1. The highest BCUT2D eigenvalue weighted by atomic mass is 16.5. The zero-order chi connectivity index (χ0) is 19.5. The van der Waals surface area contributed by atoms with Crippen LogP contribution in [0.1, 0.15) is 17.3 Å². The Hall–Kier alpha value is -3.06. The number of rotatable bonds is 5. The molecule has 1 aliphatic rings. The molecule has 1 saturated heterocycles. The van der Waals surface area contributed by atoms with Gasteiger partial charge in [-0.25, -0.2) is 9.78 Å². The van der Waals surface area contributed by atoms with Crippen molar-refractivity contribution in [2.75, 3.05) is 44.9 Å². The fourth-order valence-electron chi connectivity index (χ4n) is 3.38. The van der Waals surface area contributed by atoms with Gasteiger partial charge in [0, 0.05) is 18.7 Å². The minimum absolute atomic E-state index is 0.367. The van der Waals surface area contributed by atoms with Gasteiger partial charge in [0.25, 0.3) is 0 Å². The summed E-state index contributed by atoms with van der Waals surface area (Å²) in [5.41, 5.74) is 4.08. The Morgan fingerprint density at radius 2 is 2.04 bits per heavy atom. The number of carbonyl (C=O) groups is 1. The molecule has 0 spiro atoms. The summed E-state index contributed by atoms with van der Waals surface area (Å²) in [4.78, 5) is 22.0. The molecule has 0 saturated carbocycles. The predicted molar refractivity (Wildman–Crippen MR) is 107 cm³/mol. The third-order valence-corrected chi connectivity index (χ3v) is 4.79. The van der Waals surface area contributed by atoms with E-state index >= 15 is 0 Å². The lowest BCUT2D eigenvalue weighted by Gasteiger charge is -2.30. The van der Waals surface area contributed by atoms with Crippen LogP contribution in [-0.4, -0.2) is 56.0 Å². The quantitative estimate of drug-likeness (QED) is 0.684. The van der Waals surface area contributed by atoms with Crippen molar-refractivity contribution in [3.05, 3.63) is 42.0 Å². The van der Waals surface area contributed by atoms with Gasteiger partial charge in [-0.3, -0.25) is 0 Å². The Morgan fingerprint density at radius 3 is 2.79 bits per heavy atom. The van der Waals surface area contributed by atoms with Crippen molar-refractivity contribution in [2.45, 2.75) is 6.92 Å². The summed E-state index contributed by atoms with van der Waals surface area (Å²) in [6, 6.07) is 11.4. The number of hydrogen-bond donors (Lipinski definition) is 1. The van der Waals surface area contributed by atoms with Gasteiger partial charge in [0.15, 0.2) is 0 Å². The number of anilines is 1. The average molecular weight is 381 g/mol. The molecule has 1 aromatic heterocycles. The van der Waals surface area contributed by atoms with E-state index in [2.05, 4.69) is 20.9 Å². The van der Waals surface area contributed by atoms with Crippen molar-refractivity contribution in [3.63, 3.8) is 0 Å². The second-order valence-electron chi connectivity index (χ2n) is 6.52. The number of methoxy groups -OCH3 is 1. The number of esters is 1. The van der Waals surface area contributed by atoms with Gasteiger partial charge < -0.3 is 24.1 Å². The van der Waals surface area contributed by atoms with Crippen molar-refractivity contribution in [1.29, 1.82) is 0 Å². The van der Waals surface area contributed by atoms with E-state index < -0.39 is 0 Å². The average Bonchev–Trinajstić information content (AvgIpc) is 3.17. The minimum atomic E-state index is -0.367. The van der Waals surface area contributed by atoms with Crippen LogP contribution in [0.15, 0.2) is 36.4 Å². The summed E-state index contributed by atoms with van der Waals surface area (Å²) in [6.45, 7) is 5.65. The predicted octanol–water partition coefficient (Wildman–Crippen LogP) is 3.25. The van der Waals surface area contributed by atoms with E-state index in [1.807, 2.05) is 25.1 Å². The number of carbonyl (C=O) groups excluding carboxylic acids is 1. The molecule has 3 aromatic rings. The van der Waals surface area contributed by atoms with Crippen LogP contribution < -0.4 is 9.64 Å². The lowest BCUT2D eigenvalue weighted by molar-refractivity contribution is 0.0601. The fraction of sp³-hybridized carbons (Fsp3) is 0.333. The highest BCUT2D eigenvalue weighted by molar-refractivity contribution is 5.94. The molecule has 1 aliphatic heterocycles. The molecule has 2 aromatic carbocycles. The largest absolute Gasteiger partial charge is 0.492 e. The van der Waals surface area contributed by atoms with Crippen LogP contribution in [-0.2, 0) is 9.47 Å². The molecule has 4 rings (SSSR count). The Bertz CT molecular complexity index is 992. The first-order valence-corrected chi connectivity index (χ1v) is 9.37. The molecule has 28 heavy (non-hydrogen) atoms. The lowest BCUT2D eigenvalue weighted by Crippen LogP contribution is -2.36. The number of nitrogens with zero attached hydrogens (tertiary/aromatic N) is 2. The van der Waals surface area contributed by atoms with Crippen LogP contribution in [0.25, 0.3) is 22.4 Å². The first kappa shape index (κ1) is 18.3. The normalized spacial score (nSPS) is 14.3. The fourth-order valence-corrected chi connectivity index (χ4v) is 3.38. The van der Waals surface area contributed by atoms with E-state index in [-0.39, 0.29) is 5.97 Å². The van der Waals surface area contributed by atoms with Crippen molar-refractivity contribution < 1.29 is 19.0 Å². The number of fused-ring (bicyclic) bond motifs is 1. The van der Waals surface area contributed by atoms with Crippen LogP contribution in [0.2, 0.25) is 0 Å². The number of ether oxygens (including phenoxy) is 3. The molecular weight excluding hydrogens is 358 g/mol. The molecule has 0 radical (unpaired) electrons. The highest BCUT2D eigenvalue weighted by Gasteiger charge is 2.18. The monoisotopic (exact) mass is 381 g/mol. The van der Waals surface area contributed by atoms with Crippen molar-refractivity contribution in [1.82, 2.24) is 9.97 Å². The van der Waals surface area contributed by atoms with Gasteiger partial charge in [0.05, 0.1) is 49.2 Å². The molecule has 0 unspecified atom stereocenters. The second-order valence-corrected chi connectivity index (χ2v) is 6.52. The van der Waals surface area contributed by atoms with E-state index in [1.54, 1.807) is 12.1 Å². The number of aromatic nitrogens is 2. The topological polar surface area (TPSA) is 76.7 Å². The Morgan fingerprint density at radius 1 is 1.21 bits per heavy atom.